The molecule has 1 aromatic heterocycles. The number of anilines is 1. The van der Waals surface area contributed by atoms with Crippen molar-refractivity contribution in [3.05, 3.63) is 47.5 Å². The molecule has 0 aliphatic carbocycles. The van der Waals surface area contributed by atoms with Crippen molar-refractivity contribution in [1.82, 2.24) is 9.97 Å². The number of fused-ring (bicyclic) bond motifs is 1. The van der Waals surface area contributed by atoms with Crippen LogP contribution >= 0.6 is 23.4 Å². The molecule has 5 heteroatoms. The number of hydrogen-bond donors (Lipinski definition) is 1. The van der Waals surface area contributed by atoms with Crippen LogP contribution in [0.2, 0.25) is 5.02 Å². The van der Waals surface area contributed by atoms with Crippen LogP contribution in [0.25, 0.3) is 22.3 Å². The number of nitrogens with one attached hydrogen (secondary N) is 1. The summed E-state index contributed by atoms with van der Waals surface area (Å²) in [7, 11) is 1.86. The summed E-state index contributed by atoms with van der Waals surface area (Å²) >= 11 is 7.78. The van der Waals surface area contributed by atoms with Gasteiger partial charge in [0.2, 0.25) is 0 Å². The molecule has 0 saturated heterocycles. The molecule has 0 unspecified atom stereocenters. The van der Waals surface area contributed by atoms with Crippen molar-refractivity contribution >= 4 is 40.1 Å². The molecule has 0 bridgehead atoms. The molecule has 0 atom stereocenters. The number of benzene rings is 2. The standard InChI is InChI=1S/C16H14ClN3S/c1-18-16-13-8-5-11(17)9-14(13)19-15(20-16)10-3-6-12(21-2)7-4-10/h3-9H,1-2H3,(H,18,19,20). The second-order valence-electron chi connectivity index (χ2n) is 4.54. The van der Waals surface area contributed by atoms with E-state index in [1.807, 2.05) is 37.4 Å². The van der Waals surface area contributed by atoms with E-state index in [1.165, 1.54) is 4.90 Å². The molecule has 1 heterocycles. The van der Waals surface area contributed by atoms with Gasteiger partial charge in [0.15, 0.2) is 5.82 Å². The molecule has 0 fully saturated rings. The van der Waals surface area contributed by atoms with Crippen molar-refractivity contribution in [2.75, 3.05) is 18.6 Å². The lowest BCUT2D eigenvalue weighted by molar-refractivity contribution is 1.21. The van der Waals surface area contributed by atoms with Crippen LogP contribution in [-0.4, -0.2) is 23.3 Å². The average molecular weight is 316 g/mol. The zero-order valence-corrected chi connectivity index (χ0v) is 13.3. The predicted molar refractivity (Wildman–Crippen MR) is 91.3 cm³/mol. The van der Waals surface area contributed by atoms with Gasteiger partial charge >= 0.3 is 0 Å². The first-order valence-corrected chi connectivity index (χ1v) is 8.11. The van der Waals surface area contributed by atoms with Crippen molar-refractivity contribution < 1.29 is 0 Å². The van der Waals surface area contributed by atoms with Gasteiger partial charge in [0, 0.05) is 27.9 Å². The van der Waals surface area contributed by atoms with Crippen molar-refractivity contribution in [1.29, 1.82) is 0 Å². The molecule has 0 radical (unpaired) electrons. The van der Waals surface area contributed by atoms with Gasteiger partial charge in [-0.3, -0.25) is 0 Å². The largest absolute Gasteiger partial charge is 0.373 e. The Morgan fingerprint density at radius 2 is 1.81 bits per heavy atom. The predicted octanol–water partition coefficient (Wildman–Crippen LogP) is 4.71. The maximum Gasteiger partial charge on any atom is 0.162 e. The summed E-state index contributed by atoms with van der Waals surface area (Å²) in [5.41, 5.74) is 1.83. The van der Waals surface area contributed by atoms with E-state index in [0.29, 0.717) is 10.8 Å². The minimum Gasteiger partial charge on any atom is -0.373 e. The molecule has 3 aromatic rings. The summed E-state index contributed by atoms with van der Waals surface area (Å²) in [6.07, 6.45) is 2.06. The Balaban J connectivity index is 2.17. The highest BCUT2D eigenvalue weighted by molar-refractivity contribution is 7.98. The highest BCUT2D eigenvalue weighted by atomic mass is 35.5. The lowest BCUT2D eigenvalue weighted by Gasteiger charge is -2.09. The fourth-order valence-corrected chi connectivity index (χ4v) is 2.74. The maximum absolute atomic E-state index is 6.07. The molecule has 106 valence electrons. The fraction of sp³-hybridized carbons (Fsp3) is 0.125. The molecule has 0 saturated carbocycles. The smallest absolute Gasteiger partial charge is 0.162 e. The molecule has 2 aromatic carbocycles. The van der Waals surface area contributed by atoms with Crippen molar-refractivity contribution in [3.8, 4) is 11.4 Å². The van der Waals surface area contributed by atoms with Crippen LogP contribution in [0.5, 0.6) is 0 Å². The molecular formula is C16H14ClN3S. The number of aromatic nitrogens is 2. The summed E-state index contributed by atoms with van der Waals surface area (Å²) in [4.78, 5) is 10.4. The van der Waals surface area contributed by atoms with Gasteiger partial charge in [0.1, 0.15) is 5.82 Å². The van der Waals surface area contributed by atoms with Gasteiger partial charge in [-0.05, 0) is 36.6 Å². The molecule has 3 rings (SSSR count). The van der Waals surface area contributed by atoms with Crippen LogP contribution in [0.3, 0.4) is 0 Å². The minimum absolute atomic E-state index is 0.673. The van der Waals surface area contributed by atoms with E-state index in [9.17, 15) is 0 Å². The summed E-state index contributed by atoms with van der Waals surface area (Å²) in [6, 6.07) is 13.9. The van der Waals surface area contributed by atoms with Crippen LogP contribution in [0.15, 0.2) is 47.4 Å². The monoisotopic (exact) mass is 315 g/mol. The number of nitrogens with zero attached hydrogens (tertiary/aromatic N) is 2. The lowest BCUT2D eigenvalue weighted by Crippen LogP contribution is -1.98. The van der Waals surface area contributed by atoms with Gasteiger partial charge in [-0.15, -0.1) is 11.8 Å². The average Bonchev–Trinajstić information content (AvgIpc) is 2.53. The van der Waals surface area contributed by atoms with E-state index in [2.05, 4.69) is 33.7 Å². The van der Waals surface area contributed by atoms with Crippen LogP contribution < -0.4 is 5.32 Å². The normalized spacial score (nSPS) is 10.8. The summed E-state index contributed by atoms with van der Waals surface area (Å²) < 4.78 is 0. The van der Waals surface area contributed by atoms with E-state index in [0.717, 1.165) is 22.3 Å². The van der Waals surface area contributed by atoms with Gasteiger partial charge in [-0.2, -0.15) is 0 Å². The number of thioether (sulfide) groups is 1. The summed E-state index contributed by atoms with van der Waals surface area (Å²) in [5.74, 6) is 1.50. The zero-order valence-electron chi connectivity index (χ0n) is 11.7. The first-order valence-electron chi connectivity index (χ1n) is 6.51. The van der Waals surface area contributed by atoms with Gasteiger partial charge in [-0.1, -0.05) is 23.7 Å². The Morgan fingerprint density at radius 1 is 1.05 bits per heavy atom. The van der Waals surface area contributed by atoms with Gasteiger partial charge in [-0.25, -0.2) is 9.97 Å². The minimum atomic E-state index is 0.673. The first kappa shape index (κ1) is 14.2. The van der Waals surface area contributed by atoms with Crippen LogP contribution in [0.4, 0.5) is 5.82 Å². The molecule has 1 N–H and O–H groups in total. The molecule has 3 nitrogen and oxygen atoms in total. The van der Waals surface area contributed by atoms with E-state index < -0.39 is 0 Å². The third kappa shape index (κ3) is 2.82. The Hall–Kier alpha value is -1.78. The van der Waals surface area contributed by atoms with Crippen LogP contribution in [0, 0.1) is 0 Å². The third-order valence-electron chi connectivity index (χ3n) is 3.24. The van der Waals surface area contributed by atoms with Crippen LogP contribution in [0.1, 0.15) is 0 Å². The molecule has 0 aliphatic rings. The number of halogens is 1. The number of hydrogen-bond acceptors (Lipinski definition) is 4. The van der Waals surface area contributed by atoms with Crippen molar-refractivity contribution in [2.24, 2.45) is 0 Å². The highest BCUT2D eigenvalue weighted by Gasteiger charge is 2.09. The quantitative estimate of drug-likeness (QED) is 0.710. The van der Waals surface area contributed by atoms with E-state index in [-0.39, 0.29) is 0 Å². The Morgan fingerprint density at radius 3 is 2.48 bits per heavy atom. The topological polar surface area (TPSA) is 37.8 Å². The Labute approximate surface area is 132 Å². The maximum atomic E-state index is 6.07. The summed E-state index contributed by atoms with van der Waals surface area (Å²) in [6.45, 7) is 0. The second-order valence-corrected chi connectivity index (χ2v) is 5.85. The van der Waals surface area contributed by atoms with Gasteiger partial charge in [0.05, 0.1) is 5.52 Å². The van der Waals surface area contributed by atoms with Gasteiger partial charge in [0.25, 0.3) is 0 Å². The molecule has 0 amide bonds. The molecule has 21 heavy (non-hydrogen) atoms. The number of rotatable bonds is 3. The van der Waals surface area contributed by atoms with Gasteiger partial charge < -0.3 is 5.32 Å². The Bertz CT molecular complexity index is 787. The van der Waals surface area contributed by atoms with E-state index in [1.54, 1.807) is 11.8 Å². The summed E-state index contributed by atoms with van der Waals surface area (Å²) in [5, 5.41) is 4.76. The highest BCUT2D eigenvalue weighted by Crippen LogP contribution is 2.27. The zero-order chi connectivity index (χ0) is 14.8. The lowest BCUT2D eigenvalue weighted by atomic mass is 10.2. The van der Waals surface area contributed by atoms with E-state index in [4.69, 9.17) is 11.6 Å². The SMILES string of the molecule is CNc1nc(-c2ccc(SC)cc2)nc2cc(Cl)ccc12. The molecular weight excluding hydrogens is 302 g/mol. The van der Waals surface area contributed by atoms with E-state index >= 15 is 0 Å². The fourth-order valence-electron chi connectivity index (χ4n) is 2.16. The van der Waals surface area contributed by atoms with Crippen molar-refractivity contribution in [3.63, 3.8) is 0 Å². The molecule has 0 spiro atoms. The van der Waals surface area contributed by atoms with Crippen LogP contribution in [-0.2, 0) is 0 Å². The first-order chi connectivity index (χ1) is 10.2. The third-order valence-corrected chi connectivity index (χ3v) is 4.22. The Kier molecular flexibility index (Phi) is 3.99. The second kappa shape index (κ2) is 5.92. The molecule has 0 aliphatic heterocycles. The van der Waals surface area contributed by atoms with Crippen molar-refractivity contribution in [2.45, 2.75) is 4.90 Å².